The van der Waals surface area contributed by atoms with E-state index in [1.165, 1.54) is 0 Å². The first kappa shape index (κ1) is 14.4. The van der Waals surface area contributed by atoms with Crippen molar-refractivity contribution in [2.45, 2.75) is 25.8 Å². The molecule has 7 heteroatoms. The number of hydrogen-bond acceptors (Lipinski definition) is 4. The van der Waals surface area contributed by atoms with E-state index >= 15 is 0 Å². The molecule has 16 heavy (non-hydrogen) atoms. The molecular formula is C9H18N4O3. The van der Waals surface area contributed by atoms with E-state index in [0.717, 1.165) is 4.90 Å². The highest BCUT2D eigenvalue weighted by atomic mass is 16.2. The largest absolute Gasteiger partial charge is 0.368 e. The van der Waals surface area contributed by atoms with Gasteiger partial charge in [0, 0.05) is 12.5 Å². The lowest BCUT2D eigenvalue weighted by Gasteiger charge is -2.19. The molecule has 0 radical (unpaired) electrons. The van der Waals surface area contributed by atoms with Crippen molar-refractivity contribution in [3.05, 3.63) is 0 Å². The fourth-order valence-electron chi connectivity index (χ4n) is 1.12. The first-order valence-electron chi connectivity index (χ1n) is 4.93. The third-order valence-corrected chi connectivity index (χ3v) is 1.86. The quantitative estimate of drug-likeness (QED) is 0.462. The number of carbonyl (C=O) groups is 3. The summed E-state index contributed by atoms with van der Waals surface area (Å²) >= 11 is 0. The van der Waals surface area contributed by atoms with E-state index in [2.05, 4.69) is 0 Å². The number of nitrogens with two attached hydrogens (primary N) is 3. The summed E-state index contributed by atoms with van der Waals surface area (Å²) in [6, 6.07) is -0.118. The van der Waals surface area contributed by atoms with Crippen molar-refractivity contribution >= 4 is 17.7 Å². The van der Waals surface area contributed by atoms with Crippen LogP contribution in [0, 0.1) is 0 Å². The minimum atomic E-state index is -0.685. The molecule has 0 spiro atoms. The Kier molecular flexibility index (Phi) is 6.09. The van der Waals surface area contributed by atoms with Crippen LogP contribution in [0.15, 0.2) is 0 Å². The number of carbonyl (C=O) groups excluding carboxylic acids is 3. The van der Waals surface area contributed by atoms with Crippen LogP contribution in [0.2, 0.25) is 0 Å². The average Bonchev–Trinajstić information content (AvgIpc) is 2.11. The molecule has 0 heterocycles. The number of primary amides is 2. The third kappa shape index (κ3) is 6.77. The van der Waals surface area contributed by atoms with Gasteiger partial charge in [0.2, 0.25) is 17.7 Å². The molecule has 0 aliphatic carbocycles. The number of hydrogen-bond donors (Lipinski definition) is 3. The minimum absolute atomic E-state index is 0.118. The molecular weight excluding hydrogens is 212 g/mol. The van der Waals surface area contributed by atoms with Crippen LogP contribution in [0.25, 0.3) is 0 Å². The summed E-state index contributed by atoms with van der Waals surface area (Å²) in [5.74, 6) is -1.72. The molecule has 0 saturated heterocycles. The lowest BCUT2D eigenvalue weighted by Crippen LogP contribution is -2.43. The smallest absolute Gasteiger partial charge is 0.237 e. The van der Waals surface area contributed by atoms with Gasteiger partial charge in [0.25, 0.3) is 0 Å². The zero-order valence-electron chi connectivity index (χ0n) is 9.31. The van der Waals surface area contributed by atoms with Crippen molar-refractivity contribution in [1.82, 2.24) is 4.90 Å². The van der Waals surface area contributed by atoms with Crippen molar-refractivity contribution < 1.29 is 14.4 Å². The van der Waals surface area contributed by atoms with Crippen LogP contribution in [0.1, 0.15) is 19.8 Å². The Morgan fingerprint density at radius 2 is 1.56 bits per heavy atom. The van der Waals surface area contributed by atoms with Gasteiger partial charge in [-0.25, -0.2) is 0 Å². The zero-order chi connectivity index (χ0) is 12.7. The molecule has 0 aromatic carbocycles. The normalized spacial score (nSPS) is 11.9. The highest BCUT2D eigenvalue weighted by Gasteiger charge is 2.17. The van der Waals surface area contributed by atoms with Gasteiger partial charge in [0.1, 0.15) is 0 Å². The lowest BCUT2D eigenvalue weighted by molar-refractivity contribution is -0.138. The molecule has 0 bridgehead atoms. The Bertz CT molecular complexity index is 262. The predicted molar refractivity (Wildman–Crippen MR) is 57.9 cm³/mol. The van der Waals surface area contributed by atoms with Crippen molar-refractivity contribution in [1.29, 1.82) is 0 Å². The van der Waals surface area contributed by atoms with Gasteiger partial charge in [-0.15, -0.1) is 0 Å². The molecule has 0 aliphatic heterocycles. The monoisotopic (exact) mass is 230 g/mol. The van der Waals surface area contributed by atoms with E-state index in [9.17, 15) is 14.4 Å². The van der Waals surface area contributed by atoms with Crippen LogP contribution in [0.4, 0.5) is 0 Å². The number of amides is 3. The Labute approximate surface area is 93.9 Å². The second kappa shape index (κ2) is 6.78. The van der Waals surface area contributed by atoms with Crippen molar-refractivity contribution in [3.8, 4) is 0 Å². The Morgan fingerprint density at radius 3 is 1.88 bits per heavy atom. The molecule has 1 atom stereocenters. The third-order valence-electron chi connectivity index (χ3n) is 1.86. The molecule has 6 N–H and O–H groups in total. The van der Waals surface area contributed by atoms with Gasteiger partial charge in [-0.3, -0.25) is 14.4 Å². The van der Waals surface area contributed by atoms with Gasteiger partial charge in [0.05, 0.1) is 13.1 Å². The maximum atomic E-state index is 11.6. The van der Waals surface area contributed by atoms with Crippen LogP contribution in [0.5, 0.6) is 0 Å². The Hall–Kier alpha value is -1.63. The van der Waals surface area contributed by atoms with Gasteiger partial charge in [-0.1, -0.05) is 0 Å². The second-order valence-electron chi connectivity index (χ2n) is 3.70. The van der Waals surface area contributed by atoms with Gasteiger partial charge >= 0.3 is 0 Å². The topological polar surface area (TPSA) is 133 Å². The van der Waals surface area contributed by atoms with Gasteiger partial charge < -0.3 is 22.1 Å². The molecule has 92 valence electrons. The van der Waals surface area contributed by atoms with Crippen LogP contribution < -0.4 is 17.2 Å². The van der Waals surface area contributed by atoms with E-state index in [1.54, 1.807) is 6.92 Å². The standard InChI is InChI=1S/C9H18N4O3/c1-6(10)2-3-9(16)13(4-7(11)14)5-8(12)15/h6H,2-5,10H2,1H3,(H2,11,14)(H2,12,15). The maximum Gasteiger partial charge on any atom is 0.237 e. The SMILES string of the molecule is CC(N)CCC(=O)N(CC(N)=O)CC(N)=O. The molecule has 0 aromatic rings. The molecule has 3 amide bonds. The van der Waals surface area contributed by atoms with E-state index in [-0.39, 0.29) is 31.5 Å². The molecule has 0 aromatic heterocycles. The van der Waals surface area contributed by atoms with Crippen LogP contribution in [-0.2, 0) is 14.4 Å². The molecule has 0 saturated carbocycles. The summed E-state index contributed by atoms with van der Waals surface area (Å²) in [5, 5.41) is 0. The van der Waals surface area contributed by atoms with Crippen LogP contribution in [-0.4, -0.2) is 41.8 Å². The Morgan fingerprint density at radius 1 is 1.12 bits per heavy atom. The van der Waals surface area contributed by atoms with Gasteiger partial charge in [-0.05, 0) is 13.3 Å². The van der Waals surface area contributed by atoms with E-state index in [0.29, 0.717) is 6.42 Å². The highest BCUT2D eigenvalue weighted by Crippen LogP contribution is 2.00. The van der Waals surface area contributed by atoms with E-state index in [4.69, 9.17) is 17.2 Å². The Balaban J connectivity index is 4.31. The van der Waals surface area contributed by atoms with Crippen LogP contribution >= 0.6 is 0 Å². The first-order valence-corrected chi connectivity index (χ1v) is 4.93. The summed E-state index contributed by atoms with van der Waals surface area (Å²) in [4.78, 5) is 34.0. The van der Waals surface area contributed by atoms with Gasteiger partial charge in [-0.2, -0.15) is 0 Å². The van der Waals surface area contributed by atoms with Crippen molar-refractivity contribution in [2.24, 2.45) is 17.2 Å². The number of nitrogens with zero attached hydrogens (tertiary/aromatic N) is 1. The van der Waals surface area contributed by atoms with Crippen molar-refractivity contribution in [2.75, 3.05) is 13.1 Å². The summed E-state index contributed by atoms with van der Waals surface area (Å²) in [5.41, 5.74) is 15.4. The average molecular weight is 230 g/mol. The lowest BCUT2D eigenvalue weighted by atomic mass is 10.2. The summed E-state index contributed by atoms with van der Waals surface area (Å²) < 4.78 is 0. The summed E-state index contributed by atoms with van der Waals surface area (Å²) in [6.07, 6.45) is 0.644. The molecule has 7 nitrogen and oxygen atoms in total. The molecule has 0 fully saturated rings. The fourth-order valence-corrected chi connectivity index (χ4v) is 1.12. The summed E-state index contributed by atoms with van der Waals surface area (Å²) in [7, 11) is 0. The van der Waals surface area contributed by atoms with Crippen LogP contribution in [0.3, 0.4) is 0 Å². The highest BCUT2D eigenvalue weighted by molar-refractivity contribution is 5.88. The minimum Gasteiger partial charge on any atom is -0.368 e. The number of rotatable bonds is 7. The fraction of sp³-hybridized carbons (Fsp3) is 0.667. The van der Waals surface area contributed by atoms with E-state index < -0.39 is 11.8 Å². The first-order chi connectivity index (χ1) is 7.32. The molecule has 1 unspecified atom stereocenters. The molecule has 0 aliphatic rings. The van der Waals surface area contributed by atoms with Gasteiger partial charge in [0.15, 0.2) is 0 Å². The molecule has 0 rings (SSSR count). The second-order valence-corrected chi connectivity index (χ2v) is 3.70. The van der Waals surface area contributed by atoms with Crippen molar-refractivity contribution in [3.63, 3.8) is 0 Å². The predicted octanol–water partition coefficient (Wildman–Crippen LogP) is -2.09. The maximum absolute atomic E-state index is 11.6. The zero-order valence-corrected chi connectivity index (χ0v) is 9.31. The van der Waals surface area contributed by atoms with E-state index in [1.807, 2.05) is 0 Å². The summed E-state index contributed by atoms with van der Waals surface area (Å²) in [6.45, 7) is 1.15.